The van der Waals surface area contributed by atoms with Crippen LogP contribution < -0.4 is 5.32 Å². The van der Waals surface area contributed by atoms with Gasteiger partial charge in [0.1, 0.15) is 12.4 Å². The van der Waals surface area contributed by atoms with Gasteiger partial charge in [0.2, 0.25) is 0 Å². The van der Waals surface area contributed by atoms with Crippen LogP contribution in [0.4, 0.5) is 5.69 Å². The molecule has 2 heterocycles. The smallest absolute Gasteiger partial charge is 0.291 e. The van der Waals surface area contributed by atoms with Crippen LogP contribution in [0, 0.1) is 0 Å². The van der Waals surface area contributed by atoms with Crippen molar-refractivity contribution in [2.75, 3.05) is 5.32 Å². The van der Waals surface area contributed by atoms with Crippen LogP contribution in [0.2, 0.25) is 0 Å². The summed E-state index contributed by atoms with van der Waals surface area (Å²) < 4.78 is 16.5. The molecule has 0 spiro atoms. The maximum absolute atomic E-state index is 12.0. The molecule has 0 bridgehead atoms. The first-order valence-corrected chi connectivity index (χ1v) is 7.76. The topological polar surface area (TPSA) is 64.6 Å². The Labute approximate surface area is 141 Å². The van der Waals surface area contributed by atoms with Crippen LogP contribution in [-0.2, 0) is 18.0 Å². The van der Waals surface area contributed by atoms with Crippen molar-refractivity contribution in [3.8, 4) is 0 Å². The lowest BCUT2D eigenvalue weighted by Gasteiger charge is -2.07. The molecule has 3 rings (SSSR count). The molecule has 23 heavy (non-hydrogen) atoms. The Morgan fingerprint density at radius 1 is 1.13 bits per heavy atom. The molecule has 1 amide bonds. The van der Waals surface area contributed by atoms with Gasteiger partial charge in [-0.05, 0) is 57.9 Å². The number of ether oxygens (including phenoxy) is 1. The number of carbonyl (C=O) groups excluding carboxylic acids is 1. The molecule has 0 unspecified atom stereocenters. The highest BCUT2D eigenvalue weighted by molar-refractivity contribution is 9.10. The van der Waals surface area contributed by atoms with E-state index in [1.54, 1.807) is 18.4 Å². The molecule has 3 aromatic rings. The van der Waals surface area contributed by atoms with Crippen molar-refractivity contribution in [1.29, 1.82) is 0 Å². The number of rotatable bonds is 6. The SMILES string of the molecule is O=C(Nc1cccc(COCc2ccco2)c1)c1ccc(Br)o1. The molecule has 118 valence electrons. The number of hydrogen-bond acceptors (Lipinski definition) is 4. The maximum Gasteiger partial charge on any atom is 0.291 e. The van der Waals surface area contributed by atoms with Crippen LogP contribution in [0.5, 0.6) is 0 Å². The van der Waals surface area contributed by atoms with Crippen molar-refractivity contribution in [3.05, 3.63) is 76.5 Å². The summed E-state index contributed by atoms with van der Waals surface area (Å²) in [5.74, 6) is 0.721. The Kier molecular flexibility index (Phi) is 4.95. The molecule has 1 aromatic carbocycles. The summed E-state index contributed by atoms with van der Waals surface area (Å²) in [7, 11) is 0. The first-order valence-electron chi connectivity index (χ1n) is 6.96. The van der Waals surface area contributed by atoms with Crippen molar-refractivity contribution in [3.63, 3.8) is 0 Å². The zero-order valence-corrected chi connectivity index (χ0v) is 13.7. The molecule has 0 fully saturated rings. The van der Waals surface area contributed by atoms with Crippen LogP contribution in [0.3, 0.4) is 0 Å². The summed E-state index contributed by atoms with van der Waals surface area (Å²) in [6, 6.07) is 14.4. The molecular weight excluding hydrogens is 362 g/mol. The van der Waals surface area contributed by atoms with Gasteiger partial charge in [-0.3, -0.25) is 4.79 Å². The molecule has 1 N–H and O–H groups in total. The fourth-order valence-electron chi connectivity index (χ4n) is 2.03. The fraction of sp³-hybridized carbons (Fsp3) is 0.118. The third-order valence-corrected chi connectivity index (χ3v) is 3.50. The van der Waals surface area contributed by atoms with Gasteiger partial charge in [0.25, 0.3) is 5.91 Å². The van der Waals surface area contributed by atoms with Gasteiger partial charge in [-0.15, -0.1) is 0 Å². The number of amides is 1. The molecule has 5 nitrogen and oxygen atoms in total. The van der Waals surface area contributed by atoms with E-state index >= 15 is 0 Å². The van der Waals surface area contributed by atoms with Crippen molar-refractivity contribution in [2.45, 2.75) is 13.2 Å². The van der Waals surface area contributed by atoms with E-state index in [0.717, 1.165) is 11.3 Å². The number of nitrogens with one attached hydrogen (secondary N) is 1. The number of anilines is 1. The zero-order chi connectivity index (χ0) is 16.1. The van der Waals surface area contributed by atoms with Crippen LogP contribution in [-0.4, -0.2) is 5.91 Å². The van der Waals surface area contributed by atoms with E-state index in [1.165, 1.54) is 0 Å². The molecule has 6 heteroatoms. The molecular formula is C17H14BrNO4. The standard InChI is InChI=1S/C17H14BrNO4/c18-16-7-6-15(23-16)17(20)19-13-4-1-3-12(9-13)10-21-11-14-5-2-8-22-14/h1-9H,10-11H2,(H,19,20). The average Bonchev–Trinajstić information content (AvgIpc) is 3.19. The summed E-state index contributed by atoms with van der Waals surface area (Å²) in [4.78, 5) is 12.0. The van der Waals surface area contributed by atoms with E-state index < -0.39 is 0 Å². The Morgan fingerprint density at radius 3 is 2.78 bits per heavy atom. The lowest BCUT2D eigenvalue weighted by Crippen LogP contribution is -2.11. The number of halogens is 1. The predicted molar refractivity (Wildman–Crippen MR) is 88.0 cm³/mol. The minimum absolute atomic E-state index is 0.247. The van der Waals surface area contributed by atoms with E-state index in [-0.39, 0.29) is 11.7 Å². The summed E-state index contributed by atoms with van der Waals surface area (Å²) >= 11 is 3.17. The summed E-state index contributed by atoms with van der Waals surface area (Å²) in [5, 5.41) is 2.79. The largest absolute Gasteiger partial charge is 0.467 e. The van der Waals surface area contributed by atoms with Gasteiger partial charge in [0, 0.05) is 5.69 Å². The van der Waals surface area contributed by atoms with Gasteiger partial charge in [-0.2, -0.15) is 0 Å². The molecule has 0 aliphatic carbocycles. The lowest BCUT2D eigenvalue weighted by atomic mass is 10.2. The van der Waals surface area contributed by atoms with Crippen molar-refractivity contribution in [2.24, 2.45) is 0 Å². The fourth-order valence-corrected chi connectivity index (χ4v) is 2.34. The third-order valence-electron chi connectivity index (χ3n) is 3.07. The highest BCUT2D eigenvalue weighted by Crippen LogP contribution is 2.17. The van der Waals surface area contributed by atoms with Gasteiger partial charge in [-0.25, -0.2) is 0 Å². The molecule has 2 aromatic heterocycles. The van der Waals surface area contributed by atoms with Gasteiger partial charge in [0.15, 0.2) is 10.4 Å². The van der Waals surface area contributed by atoms with Gasteiger partial charge in [-0.1, -0.05) is 12.1 Å². The number of carbonyl (C=O) groups is 1. The Hall–Kier alpha value is -2.31. The van der Waals surface area contributed by atoms with Crippen LogP contribution in [0.1, 0.15) is 21.9 Å². The van der Waals surface area contributed by atoms with E-state index in [0.29, 0.717) is 23.6 Å². The van der Waals surface area contributed by atoms with Gasteiger partial charge in [0.05, 0.1) is 12.9 Å². The summed E-state index contributed by atoms with van der Waals surface area (Å²) in [5.41, 5.74) is 1.64. The molecule has 0 radical (unpaired) electrons. The Morgan fingerprint density at radius 2 is 2.04 bits per heavy atom. The third kappa shape index (κ3) is 4.34. The monoisotopic (exact) mass is 375 g/mol. The predicted octanol–water partition coefficient (Wildman–Crippen LogP) is 4.60. The van der Waals surface area contributed by atoms with Crippen LogP contribution in [0.15, 0.2) is 68.3 Å². The first kappa shape index (κ1) is 15.6. The molecule has 0 aliphatic heterocycles. The number of hydrogen-bond donors (Lipinski definition) is 1. The minimum Gasteiger partial charge on any atom is -0.467 e. The minimum atomic E-state index is -0.302. The van der Waals surface area contributed by atoms with Crippen molar-refractivity contribution in [1.82, 2.24) is 0 Å². The summed E-state index contributed by atoms with van der Waals surface area (Å²) in [6.45, 7) is 0.834. The second kappa shape index (κ2) is 7.30. The van der Waals surface area contributed by atoms with E-state index in [9.17, 15) is 4.79 Å². The second-order valence-electron chi connectivity index (χ2n) is 4.83. The lowest BCUT2D eigenvalue weighted by molar-refractivity contribution is 0.0929. The zero-order valence-electron chi connectivity index (χ0n) is 12.1. The number of furan rings is 2. The highest BCUT2D eigenvalue weighted by atomic mass is 79.9. The van der Waals surface area contributed by atoms with E-state index in [4.69, 9.17) is 13.6 Å². The molecule has 0 saturated carbocycles. The van der Waals surface area contributed by atoms with Gasteiger partial charge >= 0.3 is 0 Å². The van der Waals surface area contributed by atoms with E-state index in [2.05, 4.69) is 21.2 Å². The highest BCUT2D eigenvalue weighted by Gasteiger charge is 2.10. The second-order valence-corrected chi connectivity index (χ2v) is 5.61. The normalized spacial score (nSPS) is 10.7. The molecule has 0 aliphatic rings. The van der Waals surface area contributed by atoms with Crippen molar-refractivity contribution < 1.29 is 18.4 Å². The Bertz CT molecular complexity index is 780. The average molecular weight is 376 g/mol. The number of benzene rings is 1. The summed E-state index contributed by atoms with van der Waals surface area (Å²) in [6.07, 6.45) is 1.61. The molecule has 0 atom stereocenters. The van der Waals surface area contributed by atoms with Crippen LogP contribution in [0.25, 0.3) is 0 Å². The molecule has 0 saturated heterocycles. The quantitative estimate of drug-likeness (QED) is 0.683. The van der Waals surface area contributed by atoms with Gasteiger partial charge < -0.3 is 18.9 Å². The Balaban J connectivity index is 1.57. The van der Waals surface area contributed by atoms with Crippen LogP contribution >= 0.6 is 15.9 Å². The maximum atomic E-state index is 12.0. The first-order chi connectivity index (χ1) is 11.2. The van der Waals surface area contributed by atoms with Crippen molar-refractivity contribution >= 4 is 27.5 Å². The van der Waals surface area contributed by atoms with E-state index in [1.807, 2.05) is 36.4 Å².